The Kier molecular flexibility index (Phi) is 6.33. The van der Waals surface area contributed by atoms with Crippen LogP contribution in [0.1, 0.15) is 31.2 Å². The SMILES string of the molecule is C#Cc1c(F)ccc2cccc(-c3ncc4c(N5CC6CCC(C5)N6)nc(OC[C@@]56CC(=C)CN5C[C@@H](F)C6)nc4c3F)c12. The molecule has 6 heterocycles. The molecule has 0 aliphatic carbocycles. The van der Waals surface area contributed by atoms with Crippen LogP contribution in [-0.4, -0.2) is 76.4 Å². The Morgan fingerprint density at radius 3 is 2.73 bits per heavy atom. The van der Waals surface area contributed by atoms with E-state index in [4.69, 9.17) is 16.1 Å². The Balaban J connectivity index is 1.26. The molecule has 10 heteroatoms. The number of nitrogens with one attached hydrogen (secondary N) is 1. The number of fused-ring (bicyclic) bond motifs is 5. The molecule has 4 aromatic rings. The summed E-state index contributed by atoms with van der Waals surface area (Å²) < 4.78 is 52.3. The van der Waals surface area contributed by atoms with Gasteiger partial charge in [-0.15, -0.1) is 6.42 Å². The fourth-order valence-corrected chi connectivity index (χ4v) is 7.82. The molecular formula is C34H31F3N6O. The normalized spacial score (nSPS) is 26.5. The lowest BCUT2D eigenvalue weighted by molar-refractivity contribution is 0.107. The predicted molar refractivity (Wildman–Crippen MR) is 163 cm³/mol. The molecule has 8 rings (SSSR count). The van der Waals surface area contributed by atoms with Gasteiger partial charge in [-0.1, -0.05) is 42.3 Å². The van der Waals surface area contributed by atoms with Crippen LogP contribution in [0.2, 0.25) is 0 Å². The molecule has 0 radical (unpaired) electrons. The van der Waals surface area contributed by atoms with Crippen molar-refractivity contribution in [2.75, 3.05) is 37.7 Å². The second kappa shape index (κ2) is 10.2. The minimum Gasteiger partial charge on any atom is -0.461 e. The lowest BCUT2D eigenvalue weighted by Crippen LogP contribution is -2.51. The van der Waals surface area contributed by atoms with Crippen LogP contribution in [-0.2, 0) is 0 Å². The summed E-state index contributed by atoms with van der Waals surface area (Å²) in [6.45, 7) is 6.68. The largest absolute Gasteiger partial charge is 0.461 e. The van der Waals surface area contributed by atoms with Crippen molar-refractivity contribution in [1.82, 2.24) is 25.2 Å². The number of pyridine rings is 1. The van der Waals surface area contributed by atoms with E-state index in [1.165, 1.54) is 6.07 Å². The highest BCUT2D eigenvalue weighted by Gasteiger charge is 2.50. The topological polar surface area (TPSA) is 66.4 Å². The minimum atomic E-state index is -0.944. The zero-order valence-corrected chi connectivity index (χ0v) is 24.1. The highest BCUT2D eigenvalue weighted by molar-refractivity contribution is 6.02. The molecule has 4 atom stereocenters. The van der Waals surface area contributed by atoms with Crippen LogP contribution in [0.15, 0.2) is 48.7 Å². The monoisotopic (exact) mass is 596 g/mol. The molecule has 4 aliphatic heterocycles. The van der Waals surface area contributed by atoms with Gasteiger partial charge in [0, 0.05) is 61.8 Å². The first-order valence-electron chi connectivity index (χ1n) is 15.1. The van der Waals surface area contributed by atoms with Crippen LogP contribution in [0.4, 0.5) is 19.0 Å². The zero-order valence-electron chi connectivity index (χ0n) is 24.1. The van der Waals surface area contributed by atoms with Crippen molar-refractivity contribution in [3.8, 4) is 29.6 Å². The molecule has 2 aromatic heterocycles. The van der Waals surface area contributed by atoms with Gasteiger partial charge in [-0.3, -0.25) is 9.88 Å². The van der Waals surface area contributed by atoms with Gasteiger partial charge in [0.15, 0.2) is 5.82 Å². The molecule has 4 fully saturated rings. The fourth-order valence-electron chi connectivity index (χ4n) is 7.82. The Bertz CT molecular complexity index is 1880. The number of hydrogen-bond donors (Lipinski definition) is 1. The zero-order chi connectivity index (χ0) is 30.2. The summed E-state index contributed by atoms with van der Waals surface area (Å²) in [4.78, 5) is 18.2. The van der Waals surface area contributed by atoms with E-state index < -0.39 is 23.3 Å². The van der Waals surface area contributed by atoms with E-state index in [1.54, 1.807) is 30.5 Å². The van der Waals surface area contributed by atoms with Crippen molar-refractivity contribution in [3.63, 3.8) is 0 Å². The predicted octanol–water partition coefficient (Wildman–Crippen LogP) is 5.17. The minimum absolute atomic E-state index is 0.00843. The first-order valence-corrected chi connectivity index (χ1v) is 15.1. The van der Waals surface area contributed by atoms with Gasteiger partial charge in [0.25, 0.3) is 0 Å². The van der Waals surface area contributed by atoms with Crippen LogP contribution in [0, 0.1) is 24.0 Å². The Hall–Kier alpha value is -4.20. The van der Waals surface area contributed by atoms with E-state index in [-0.39, 0.29) is 29.4 Å². The van der Waals surface area contributed by atoms with E-state index >= 15 is 4.39 Å². The van der Waals surface area contributed by atoms with Crippen LogP contribution in [0.25, 0.3) is 32.9 Å². The summed E-state index contributed by atoms with van der Waals surface area (Å²) in [6.07, 6.45) is 9.43. The summed E-state index contributed by atoms with van der Waals surface area (Å²) >= 11 is 0. The first-order chi connectivity index (χ1) is 21.3. The number of rotatable bonds is 5. The highest BCUT2D eigenvalue weighted by Crippen LogP contribution is 2.43. The molecule has 0 amide bonds. The van der Waals surface area contributed by atoms with Gasteiger partial charge in [-0.2, -0.15) is 9.97 Å². The molecule has 2 bridgehead atoms. The number of benzene rings is 2. The molecule has 4 aliphatic rings. The van der Waals surface area contributed by atoms with Gasteiger partial charge < -0.3 is 15.0 Å². The number of nitrogens with zero attached hydrogens (tertiary/aromatic N) is 5. The van der Waals surface area contributed by atoms with Gasteiger partial charge in [-0.05, 0) is 30.7 Å². The van der Waals surface area contributed by atoms with E-state index in [0.717, 1.165) is 18.4 Å². The van der Waals surface area contributed by atoms with E-state index in [9.17, 15) is 8.78 Å². The first kappa shape index (κ1) is 27.4. The third kappa shape index (κ3) is 4.32. The van der Waals surface area contributed by atoms with Crippen LogP contribution < -0.4 is 15.0 Å². The maximum atomic E-state index is 16.7. The van der Waals surface area contributed by atoms with Gasteiger partial charge in [-0.25, -0.2) is 13.2 Å². The highest BCUT2D eigenvalue weighted by atomic mass is 19.1. The maximum absolute atomic E-state index is 16.7. The van der Waals surface area contributed by atoms with Crippen molar-refractivity contribution in [3.05, 3.63) is 65.9 Å². The number of alkyl halides is 1. The third-order valence-electron chi connectivity index (χ3n) is 9.71. The van der Waals surface area contributed by atoms with Crippen LogP contribution in [0.5, 0.6) is 6.01 Å². The van der Waals surface area contributed by atoms with E-state index in [2.05, 4.69) is 37.6 Å². The summed E-state index contributed by atoms with van der Waals surface area (Å²) in [5, 5.41) is 5.16. The van der Waals surface area contributed by atoms with Gasteiger partial charge in [0.2, 0.25) is 0 Å². The van der Waals surface area contributed by atoms with Crippen molar-refractivity contribution in [2.24, 2.45) is 0 Å². The number of halogens is 3. The van der Waals surface area contributed by atoms with Gasteiger partial charge in [0.05, 0.1) is 16.5 Å². The maximum Gasteiger partial charge on any atom is 0.319 e. The Labute approximate surface area is 253 Å². The van der Waals surface area contributed by atoms with E-state index in [0.29, 0.717) is 78.6 Å². The molecule has 44 heavy (non-hydrogen) atoms. The second-order valence-corrected chi connectivity index (χ2v) is 12.6. The number of ether oxygens (including phenoxy) is 1. The molecular weight excluding hydrogens is 565 g/mol. The lowest BCUT2D eigenvalue weighted by Gasteiger charge is -2.34. The number of anilines is 1. The van der Waals surface area contributed by atoms with Crippen molar-refractivity contribution < 1.29 is 17.9 Å². The third-order valence-corrected chi connectivity index (χ3v) is 9.71. The standard InChI is InChI=1S/C34H31F3N6O/c1-3-24-27(36)10-7-20-5-4-6-25(28(20)24)30-29(37)31-26(13-38-30)32(42-16-22-8-9-23(17-42)39-22)41-33(40-31)44-18-34-11-19(2)14-43(34)15-21(35)12-34/h1,4-7,10,13,21-23,39H,2,8-9,11-12,14-18H2/t21-,22?,23?,34-/m0/s1. The quantitative estimate of drug-likeness (QED) is 0.252. The number of terminal acetylenes is 1. The Morgan fingerprint density at radius 2 is 1.93 bits per heavy atom. The molecule has 2 aromatic carbocycles. The second-order valence-electron chi connectivity index (χ2n) is 12.6. The van der Waals surface area contributed by atoms with Crippen LogP contribution in [0.3, 0.4) is 0 Å². The molecule has 7 nitrogen and oxygen atoms in total. The smallest absolute Gasteiger partial charge is 0.319 e. The summed E-state index contributed by atoms with van der Waals surface area (Å²) in [6, 6.07) is 8.81. The Morgan fingerprint density at radius 1 is 1.11 bits per heavy atom. The number of hydrogen-bond acceptors (Lipinski definition) is 7. The van der Waals surface area contributed by atoms with Crippen molar-refractivity contribution in [1.29, 1.82) is 0 Å². The average molecular weight is 597 g/mol. The van der Waals surface area contributed by atoms with Crippen LogP contribution >= 0.6 is 0 Å². The average Bonchev–Trinajstić information content (AvgIpc) is 3.62. The summed E-state index contributed by atoms with van der Waals surface area (Å²) in [5.74, 6) is 1.74. The molecule has 0 saturated carbocycles. The summed E-state index contributed by atoms with van der Waals surface area (Å²) in [7, 11) is 0. The van der Waals surface area contributed by atoms with Crippen molar-refractivity contribution in [2.45, 2.75) is 49.5 Å². The molecule has 0 spiro atoms. The van der Waals surface area contributed by atoms with Gasteiger partial charge >= 0.3 is 6.01 Å². The molecule has 4 saturated heterocycles. The molecule has 2 unspecified atom stereocenters. The summed E-state index contributed by atoms with van der Waals surface area (Å²) in [5.41, 5.74) is 0.995. The lowest BCUT2D eigenvalue weighted by atomic mass is 9.93. The fraction of sp³-hybridized carbons (Fsp3) is 0.382. The number of piperazine rings is 1. The molecule has 1 N–H and O–H groups in total. The molecule has 224 valence electrons. The van der Waals surface area contributed by atoms with E-state index in [1.807, 2.05) is 0 Å². The van der Waals surface area contributed by atoms with Crippen molar-refractivity contribution >= 4 is 27.5 Å². The number of aromatic nitrogens is 3. The van der Waals surface area contributed by atoms with Gasteiger partial charge in [0.1, 0.15) is 35.6 Å².